The summed E-state index contributed by atoms with van der Waals surface area (Å²) in [6.07, 6.45) is -12.7. The van der Waals surface area contributed by atoms with Crippen LogP contribution in [-0.2, 0) is 14.3 Å². The number of halogens is 6. The average molecular weight is 322 g/mol. The minimum absolute atomic E-state index is 0.427. The number of ether oxygens (including phenoxy) is 2. The lowest BCUT2D eigenvalue weighted by molar-refractivity contribution is -0.378. The number of carbonyl (C=O) groups is 1. The van der Waals surface area contributed by atoms with Crippen molar-refractivity contribution in [3.05, 3.63) is 12.7 Å². The van der Waals surface area contributed by atoms with Gasteiger partial charge in [0.05, 0.1) is 0 Å². The first-order valence-electron chi connectivity index (χ1n) is 5.76. The minimum Gasteiger partial charge on any atom is -0.458 e. The van der Waals surface area contributed by atoms with Crippen molar-refractivity contribution in [3.8, 4) is 0 Å². The van der Waals surface area contributed by atoms with Gasteiger partial charge in [-0.25, -0.2) is 4.79 Å². The molecule has 0 atom stereocenters. The van der Waals surface area contributed by atoms with Crippen LogP contribution in [-0.4, -0.2) is 36.1 Å². The Morgan fingerprint density at radius 1 is 1.05 bits per heavy atom. The van der Waals surface area contributed by atoms with Crippen molar-refractivity contribution in [2.45, 2.75) is 50.7 Å². The topological polar surface area (TPSA) is 35.5 Å². The van der Waals surface area contributed by atoms with E-state index in [2.05, 4.69) is 16.1 Å². The van der Waals surface area contributed by atoms with Crippen LogP contribution < -0.4 is 0 Å². The Morgan fingerprint density at radius 3 is 1.76 bits per heavy atom. The number of esters is 1. The third kappa shape index (κ3) is 5.22. The maximum absolute atomic E-state index is 12.8. The highest BCUT2D eigenvalue weighted by molar-refractivity contribution is 5.71. The molecule has 0 aliphatic heterocycles. The first-order chi connectivity index (χ1) is 9.16. The lowest BCUT2D eigenvalue weighted by Crippen LogP contribution is -2.59. The number of hydrogen-bond acceptors (Lipinski definition) is 3. The van der Waals surface area contributed by atoms with Crippen LogP contribution in [0.2, 0.25) is 0 Å². The summed E-state index contributed by atoms with van der Waals surface area (Å²) in [5.41, 5.74) is -5.54. The van der Waals surface area contributed by atoms with Crippen LogP contribution in [0, 0.1) is 0 Å². The van der Waals surface area contributed by atoms with E-state index in [9.17, 15) is 31.1 Å². The number of rotatable bonds is 5. The fourth-order valence-corrected chi connectivity index (χ4v) is 1.37. The number of carbonyl (C=O) groups excluding carboxylic acids is 1. The second-order valence-corrected chi connectivity index (χ2v) is 5.19. The highest BCUT2D eigenvalue weighted by Crippen LogP contribution is 2.48. The summed E-state index contributed by atoms with van der Waals surface area (Å²) in [7, 11) is 0. The SMILES string of the molecule is C=CCC(OCC(=O)OC(C)(C)C)(C(F)(F)F)C(F)(F)F. The van der Waals surface area contributed by atoms with Crippen LogP contribution in [0.15, 0.2) is 12.7 Å². The Labute approximate surface area is 117 Å². The van der Waals surface area contributed by atoms with E-state index in [1.165, 1.54) is 20.8 Å². The quantitative estimate of drug-likeness (QED) is 0.439. The molecule has 0 saturated heterocycles. The average Bonchev–Trinajstić information content (AvgIpc) is 2.17. The van der Waals surface area contributed by atoms with Crippen molar-refractivity contribution >= 4 is 5.97 Å². The summed E-state index contributed by atoms with van der Waals surface area (Å²) in [5.74, 6) is -1.33. The molecule has 0 aromatic carbocycles. The first kappa shape index (κ1) is 19.8. The fourth-order valence-electron chi connectivity index (χ4n) is 1.37. The molecule has 3 nitrogen and oxygen atoms in total. The van der Waals surface area contributed by atoms with Gasteiger partial charge < -0.3 is 9.47 Å². The van der Waals surface area contributed by atoms with Gasteiger partial charge in [0.25, 0.3) is 5.60 Å². The summed E-state index contributed by atoms with van der Waals surface area (Å²) < 4.78 is 85.3. The maximum atomic E-state index is 12.8. The van der Waals surface area contributed by atoms with Gasteiger partial charge in [0.1, 0.15) is 12.2 Å². The van der Waals surface area contributed by atoms with Crippen LogP contribution in [0.3, 0.4) is 0 Å². The summed E-state index contributed by atoms with van der Waals surface area (Å²) in [4.78, 5) is 11.3. The van der Waals surface area contributed by atoms with Crippen LogP contribution >= 0.6 is 0 Å². The molecule has 0 rings (SSSR count). The third-order valence-electron chi connectivity index (χ3n) is 2.20. The molecular formula is C12H16F6O3. The van der Waals surface area contributed by atoms with E-state index in [-0.39, 0.29) is 0 Å². The normalized spacial score (nSPS) is 14.0. The molecule has 9 heteroatoms. The molecule has 0 amide bonds. The minimum atomic E-state index is -5.76. The first-order valence-corrected chi connectivity index (χ1v) is 5.76. The largest absolute Gasteiger partial charge is 0.458 e. The zero-order chi connectivity index (χ0) is 17.1. The Kier molecular flexibility index (Phi) is 5.88. The van der Waals surface area contributed by atoms with Gasteiger partial charge in [-0.2, -0.15) is 26.3 Å². The monoisotopic (exact) mass is 322 g/mol. The molecule has 0 unspecified atom stereocenters. The summed E-state index contributed by atoms with van der Waals surface area (Å²) >= 11 is 0. The predicted molar refractivity (Wildman–Crippen MR) is 61.5 cm³/mol. The summed E-state index contributed by atoms with van der Waals surface area (Å²) in [6.45, 7) is 5.62. The standard InChI is InChI=1S/C12H16F6O3/c1-5-6-10(11(13,14)15,12(16,17)18)20-7-8(19)21-9(2,3)4/h5H,1,6-7H2,2-4H3. The molecular weight excluding hydrogens is 306 g/mol. The van der Waals surface area contributed by atoms with Crippen molar-refractivity contribution < 1.29 is 40.6 Å². The highest BCUT2D eigenvalue weighted by atomic mass is 19.4. The van der Waals surface area contributed by atoms with E-state index in [0.29, 0.717) is 6.08 Å². The second-order valence-electron chi connectivity index (χ2n) is 5.19. The molecule has 0 aliphatic carbocycles. The molecule has 0 aromatic heterocycles. The Hall–Kier alpha value is -1.25. The van der Waals surface area contributed by atoms with Gasteiger partial charge in [-0.05, 0) is 20.8 Å². The summed E-state index contributed by atoms with van der Waals surface area (Å²) in [5, 5.41) is 0. The van der Waals surface area contributed by atoms with Crippen LogP contribution in [0.1, 0.15) is 27.2 Å². The maximum Gasteiger partial charge on any atom is 0.426 e. The van der Waals surface area contributed by atoms with E-state index in [1.807, 2.05) is 0 Å². The van der Waals surface area contributed by atoms with E-state index in [0.717, 1.165) is 0 Å². The van der Waals surface area contributed by atoms with E-state index in [4.69, 9.17) is 0 Å². The molecule has 124 valence electrons. The lowest BCUT2D eigenvalue weighted by Gasteiger charge is -2.36. The van der Waals surface area contributed by atoms with Crippen LogP contribution in [0.25, 0.3) is 0 Å². The Bertz CT molecular complexity index is 364. The van der Waals surface area contributed by atoms with Crippen molar-refractivity contribution in [3.63, 3.8) is 0 Å². The molecule has 0 N–H and O–H groups in total. The lowest BCUT2D eigenvalue weighted by atomic mass is 9.98. The fraction of sp³-hybridized carbons (Fsp3) is 0.750. The van der Waals surface area contributed by atoms with Gasteiger partial charge in [0.2, 0.25) is 0 Å². The molecule has 0 heterocycles. The van der Waals surface area contributed by atoms with E-state index in [1.54, 1.807) is 0 Å². The zero-order valence-electron chi connectivity index (χ0n) is 11.7. The molecule has 0 saturated carbocycles. The zero-order valence-corrected chi connectivity index (χ0v) is 11.7. The van der Waals surface area contributed by atoms with Gasteiger partial charge in [-0.15, -0.1) is 6.58 Å². The van der Waals surface area contributed by atoms with Gasteiger partial charge >= 0.3 is 18.3 Å². The summed E-state index contributed by atoms with van der Waals surface area (Å²) in [6, 6.07) is 0. The Morgan fingerprint density at radius 2 is 1.48 bits per heavy atom. The molecule has 0 spiro atoms. The smallest absolute Gasteiger partial charge is 0.426 e. The predicted octanol–water partition coefficient (Wildman–Crippen LogP) is 3.78. The van der Waals surface area contributed by atoms with Crippen molar-refractivity contribution in [1.29, 1.82) is 0 Å². The van der Waals surface area contributed by atoms with Gasteiger partial charge in [-0.1, -0.05) is 6.08 Å². The molecule has 21 heavy (non-hydrogen) atoms. The number of hydrogen-bond donors (Lipinski definition) is 0. The van der Waals surface area contributed by atoms with Gasteiger partial charge in [0, 0.05) is 6.42 Å². The van der Waals surface area contributed by atoms with E-state index < -0.39 is 42.6 Å². The van der Waals surface area contributed by atoms with Crippen LogP contribution in [0.4, 0.5) is 26.3 Å². The molecule has 0 fully saturated rings. The van der Waals surface area contributed by atoms with E-state index >= 15 is 0 Å². The van der Waals surface area contributed by atoms with Crippen molar-refractivity contribution in [2.24, 2.45) is 0 Å². The third-order valence-corrected chi connectivity index (χ3v) is 2.20. The highest BCUT2D eigenvalue weighted by Gasteiger charge is 2.71. The second kappa shape index (κ2) is 6.25. The number of alkyl halides is 6. The molecule has 0 aliphatic rings. The Balaban J connectivity index is 5.27. The molecule has 0 radical (unpaired) electrons. The van der Waals surface area contributed by atoms with Crippen molar-refractivity contribution in [1.82, 2.24) is 0 Å². The molecule has 0 aromatic rings. The van der Waals surface area contributed by atoms with Crippen molar-refractivity contribution in [2.75, 3.05) is 6.61 Å². The van der Waals surface area contributed by atoms with Gasteiger partial charge in [0.15, 0.2) is 0 Å². The van der Waals surface area contributed by atoms with Gasteiger partial charge in [-0.3, -0.25) is 0 Å². The van der Waals surface area contributed by atoms with Crippen LogP contribution in [0.5, 0.6) is 0 Å². The molecule has 0 bridgehead atoms.